The van der Waals surface area contributed by atoms with E-state index in [0.29, 0.717) is 12.1 Å². The number of hydrogen-bond acceptors (Lipinski definition) is 3. The van der Waals surface area contributed by atoms with Gasteiger partial charge in [-0.15, -0.1) is 11.3 Å². The fourth-order valence-electron chi connectivity index (χ4n) is 1.96. The van der Waals surface area contributed by atoms with Gasteiger partial charge in [0, 0.05) is 28.9 Å². The Morgan fingerprint density at radius 2 is 2.21 bits per heavy atom. The topological polar surface area (TPSA) is 15.3 Å². The van der Waals surface area contributed by atoms with Crippen LogP contribution in [0.3, 0.4) is 0 Å². The van der Waals surface area contributed by atoms with Gasteiger partial charge in [0.25, 0.3) is 0 Å². The van der Waals surface area contributed by atoms with Crippen molar-refractivity contribution in [2.45, 2.75) is 25.9 Å². The first-order valence-electron chi connectivity index (χ1n) is 5.17. The molecule has 0 radical (unpaired) electrons. The normalized spacial score (nSPS) is 29.4. The van der Waals surface area contributed by atoms with E-state index in [4.69, 9.17) is 0 Å². The average molecular weight is 210 g/mol. The van der Waals surface area contributed by atoms with Gasteiger partial charge < -0.3 is 5.32 Å². The molecule has 1 N–H and O–H groups in total. The number of nitrogens with zero attached hydrogens (tertiary/aromatic N) is 1. The van der Waals surface area contributed by atoms with Crippen LogP contribution in [0.4, 0.5) is 0 Å². The van der Waals surface area contributed by atoms with Gasteiger partial charge in [0.1, 0.15) is 0 Å². The maximum absolute atomic E-state index is 3.49. The predicted molar refractivity (Wildman–Crippen MR) is 61.9 cm³/mol. The highest BCUT2D eigenvalue weighted by molar-refractivity contribution is 7.12. The van der Waals surface area contributed by atoms with Crippen LogP contribution < -0.4 is 5.32 Å². The van der Waals surface area contributed by atoms with E-state index in [1.165, 1.54) is 9.75 Å². The summed E-state index contributed by atoms with van der Waals surface area (Å²) in [6.45, 7) is 6.64. The van der Waals surface area contributed by atoms with Gasteiger partial charge in [-0.2, -0.15) is 0 Å². The molecule has 0 aliphatic carbocycles. The second kappa shape index (κ2) is 4.01. The van der Waals surface area contributed by atoms with Gasteiger partial charge in [-0.25, -0.2) is 0 Å². The second-order valence-electron chi connectivity index (χ2n) is 4.14. The van der Waals surface area contributed by atoms with Gasteiger partial charge in [0.05, 0.1) is 6.04 Å². The Morgan fingerprint density at radius 1 is 1.43 bits per heavy atom. The Labute approximate surface area is 89.9 Å². The van der Waals surface area contributed by atoms with Crippen molar-refractivity contribution in [1.82, 2.24) is 10.2 Å². The summed E-state index contributed by atoms with van der Waals surface area (Å²) < 4.78 is 0. The number of rotatable bonds is 1. The van der Waals surface area contributed by atoms with Crippen molar-refractivity contribution in [2.24, 2.45) is 0 Å². The molecule has 0 spiro atoms. The highest BCUT2D eigenvalue weighted by Gasteiger charge is 2.26. The number of thiophene rings is 1. The lowest BCUT2D eigenvalue weighted by molar-refractivity contribution is 0.144. The third-order valence-corrected chi connectivity index (χ3v) is 4.16. The lowest BCUT2D eigenvalue weighted by Gasteiger charge is -2.37. The van der Waals surface area contributed by atoms with Crippen LogP contribution in [0.5, 0.6) is 0 Å². The summed E-state index contributed by atoms with van der Waals surface area (Å²) in [4.78, 5) is 5.37. The summed E-state index contributed by atoms with van der Waals surface area (Å²) in [5, 5.41) is 3.49. The van der Waals surface area contributed by atoms with Crippen LogP contribution in [0.1, 0.15) is 22.7 Å². The quantitative estimate of drug-likeness (QED) is 0.763. The minimum absolute atomic E-state index is 0.567. The summed E-state index contributed by atoms with van der Waals surface area (Å²) >= 11 is 1.92. The van der Waals surface area contributed by atoms with Gasteiger partial charge in [0.2, 0.25) is 0 Å². The number of piperazine rings is 1. The zero-order valence-corrected chi connectivity index (χ0v) is 9.90. The Hall–Kier alpha value is -0.380. The molecule has 2 atom stereocenters. The average Bonchev–Trinajstić information content (AvgIpc) is 2.57. The molecule has 0 amide bonds. The summed E-state index contributed by atoms with van der Waals surface area (Å²) in [5.41, 5.74) is 0. The Bertz CT molecular complexity index is 308. The summed E-state index contributed by atoms with van der Waals surface area (Å²) in [6.07, 6.45) is 0. The maximum Gasteiger partial charge on any atom is 0.0566 e. The standard InChI is InChI=1S/C11H18N2S/c1-8-6-12-7-10(13(8)3)11-5-4-9(2)14-11/h4-5,8,10,12H,6-7H2,1-3H3/t8-,10?/m1/s1. The molecule has 0 bridgehead atoms. The zero-order valence-electron chi connectivity index (χ0n) is 9.08. The van der Waals surface area contributed by atoms with Gasteiger partial charge in [-0.1, -0.05) is 0 Å². The van der Waals surface area contributed by atoms with Crippen molar-refractivity contribution >= 4 is 11.3 Å². The molecule has 2 heterocycles. The molecule has 1 saturated heterocycles. The molecule has 1 aromatic rings. The first-order chi connectivity index (χ1) is 6.68. The van der Waals surface area contributed by atoms with E-state index >= 15 is 0 Å². The molecule has 2 rings (SSSR count). The first-order valence-corrected chi connectivity index (χ1v) is 5.99. The van der Waals surface area contributed by atoms with Crippen LogP contribution in [-0.2, 0) is 0 Å². The van der Waals surface area contributed by atoms with Gasteiger partial charge in [-0.3, -0.25) is 4.90 Å². The molecule has 1 unspecified atom stereocenters. The number of hydrogen-bond donors (Lipinski definition) is 1. The maximum atomic E-state index is 3.49. The largest absolute Gasteiger partial charge is 0.313 e. The van der Waals surface area contributed by atoms with Crippen LogP contribution in [0.15, 0.2) is 12.1 Å². The fraction of sp³-hybridized carbons (Fsp3) is 0.636. The molecule has 1 aromatic heterocycles. The van der Waals surface area contributed by atoms with Crippen LogP contribution >= 0.6 is 11.3 Å². The smallest absolute Gasteiger partial charge is 0.0566 e. The van der Waals surface area contributed by atoms with Crippen molar-refractivity contribution in [3.63, 3.8) is 0 Å². The molecule has 78 valence electrons. The Balaban J connectivity index is 2.17. The van der Waals surface area contributed by atoms with Crippen molar-refractivity contribution in [3.05, 3.63) is 21.9 Å². The van der Waals surface area contributed by atoms with Crippen LogP contribution in [0.2, 0.25) is 0 Å². The van der Waals surface area contributed by atoms with Crippen molar-refractivity contribution in [1.29, 1.82) is 0 Å². The minimum Gasteiger partial charge on any atom is -0.313 e. The molecule has 1 fully saturated rings. The monoisotopic (exact) mass is 210 g/mol. The lowest BCUT2D eigenvalue weighted by atomic mass is 10.1. The molecule has 0 aromatic carbocycles. The van der Waals surface area contributed by atoms with Crippen molar-refractivity contribution in [2.75, 3.05) is 20.1 Å². The van der Waals surface area contributed by atoms with E-state index < -0.39 is 0 Å². The number of aryl methyl sites for hydroxylation is 1. The van der Waals surface area contributed by atoms with E-state index in [1.54, 1.807) is 0 Å². The summed E-state index contributed by atoms with van der Waals surface area (Å²) in [6, 6.07) is 5.68. The molecule has 0 saturated carbocycles. The van der Waals surface area contributed by atoms with Crippen LogP contribution in [0, 0.1) is 6.92 Å². The van der Waals surface area contributed by atoms with E-state index in [2.05, 4.69) is 43.2 Å². The SMILES string of the molecule is Cc1ccc(C2CNC[C@@H](C)N2C)s1. The van der Waals surface area contributed by atoms with E-state index in [9.17, 15) is 0 Å². The van der Waals surface area contributed by atoms with Crippen LogP contribution in [-0.4, -0.2) is 31.1 Å². The molecular weight excluding hydrogens is 192 g/mol. The van der Waals surface area contributed by atoms with E-state index in [-0.39, 0.29) is 0 Å². The van der Waals surface area contributed by atoms with E-state index in [0.717, 1.165) is 13.1 Å². The second-order valence-corrected chi connectivity index (χ2v) is 5.46. The Kier molecular flexibility index (Phi) is 2.91. The first kappa shape index (κ1) is 10.1. The molecule has 2 nitrogen and oxygen atoms in total. The highest BCUT2D eigenvalue weighted by atomic mass is 32.1. The minimum atomic E-state index is 0.567. The molecule has 14 heavy (non-hydrogen) atoms. The zero-order chi connectivity index (χ0) is 10.1. The fourth-order valence-corrected chi connectivity index (χ4v) is 2.99. The van der Waals surface area contributed by atoms with Gasteiger partial charge in [-0.05, 0) is 33.0 Å². The molecule has 1 aliphatic heterocycles. The summed E-state index contributed by atoms with van der Waals surface area (Å²) in [5.74, 6) is 0. The number of likely N-dealkylation sites (N-methyl/N-ethyl adjacent to an activating group) is 1. The highest BCUT2D eigenvalue weighted by Crippen LogP contribution is 2.28. The van der Waals surface area contributed by atoms with Gasteiger partial charge in [0.15, 0.2) is 0 Å². The van der Waals surface area contributed by atoms with Gasteiger partial charge >= 0.3 is 0 Å². The third kappa shape index (κ3) is 1.85. The van der Waals surface area contributed by atoms with E-state index in [1.807, 2.05) is 11.3 Å². The number of nitrogens with one attached hydrogen (secondary N) is 1. The summed E-state index contributed by atoms with van der Waals surface area (Å²) in [7, 11) is 2.23. The third-order valence-electron chi connectivity index (χ3n) is 3.05. The lowest BCUT2D eigenvalue weighted by Crippen LogP contribution is -2.49. The Morgan fingerprint density at radius 3 is 2.86 bits per heavy atom. The molecular formula is C11H18N2S. The molecule has 1 aliphatic rings. The van der Waals surface area contributed by atoms with Crippen LogP contribution in [0.25, 0.3) is 0 Å². The molecule has 3 heteroatoms. The van der Waals surface area contributed by atoms with Crippen molar-refractivity contribution < 1.29 is 0 Å². The predicted octanol–water partition coefficient (Wildman–Crippen LogP) is 2.02. The van der Waals surface area contributed by atoms with Crippen molar-refractivity contribution in [3.8, 4) is 0 Å².